The molecule has 0 aromatic carbocycles. The third kappa shape index (κ3) is 36.3. The summed E-state index contributed by atoms with van der Waals surface area (Å²) in [7, 11) is 0. The average molecular weight is 309 g/mol. The second kappa shape index (κ2) is 21.3. The van der Waals surface area contributed by atoms with Gasteiger partial charge in [-0.25, -0.2) is 4.79 Å². The second-order valence-corrected chi connectivity index (χ2v) is 2.60. The fourth-order valence-corrected chi connectivity index (χ4v) is 0.254. The molecule has 0 saturated heterocycles. The number of aliphatic hydroxyl groups is 1. The first kappa shape index (κ1) is 25.8. The zero-order valence-corrected chi connectivity index (χ0v) is 11.3. The number of nitrogens with two attached hydrogens (primary N) is 4. The van der Waals surface area contributed by atoms with Gasteiger partial charge in [-0.1, -0.05) is 0 Å². The van der Waals surface area contributed by atoms with Crippen LogP contribution in [-0.2, 0) is 26.4 Å². The van der Waals surface area contributed by atoms with Crippen LogP contribution >= 0.6 is 0 Å². The average Bonchev–Trinajstić information content (AvgIpc) is 2.28. The maximum atomic E-state index is 10.1. The fraction of sp³-hybridized carbons (Fsp3) is 0.556. The summed E-state index contributed by atoms with van der Waals surface area (Å²) in [4.78, 5) is 19.8. The van der Waals surface area contributed by atoms with Crippen LogP contribution in [0.1, 0.15) is 6.92 Å². The minimum atomic E-state index is -1.50. The van der Waals surface area contributed by atoms with E-state index in [1.807, 2.05) is 0 Å². The van der Waals surface area contributed by atoms with E-state index < -0.39 is 17.5 Å². The van der Waals surface area contributed by atoms with Crippen molar-refractivity contribution in [3.63, 3.8) is 0 Å². The fourth-order valence-electron chi connectivity index (χ4n) is 0.254. The monoisotopic (exact) mass is 309 g/mol. The molecule has 111 valence electrons. The van der Waals surface area contributed by atoms with Gasteiger partial charge in [0.1, 0.15) is 0 Å². The van der Waals surface area contributed by atoms with Gasteiger partial charge in [0.2, 0.25) is 5.76 Å². The standard InChI is InChI=1S/C5H6O4.2C2H8N2.Co/c1-3(6)2-4(7)5(8)9;2*3-1-2-4;/h2,7H,1H3,(H,8,9);2*1-4H2;. The Morgan fingerprint density at radius 1 is 0.944 bits per heavy atom. The molecular weight excluding hydrogens is 287 g/mol. The predicted molar refractivity (Wildman–Crippen MR) is 65.2 cm³/mol. The van der Waals surface area contributed by atoms with Gasteiger partial charge in [-0.05, 0) is 6.92 Å². The summed E-state index contributed by atoms with van der Waals surface area (Å²) in [6.07, 6.45) is 0.641. The number of carbonyl (C=O) groups excluding carboxylic acids is 1. The van der Waals surface area contributed by atoms with Crippen molar-refractivity contribution in [3.8, 4) is 0 Å². The molecule has 10 N–H and O–H groups in total. The Bertz CT molecular complexity index is 229. The van der Waals surface area contributed by atoms with Crippen molar-refractivity contribution in [1.29, 1.82) is 0 Å². The second-order valence-electron chi connectivity index (χ2n) is 2.60. The minimum absolute atomic E-state index is 0. The van der Waals surface area contributed by atoms with Crippen LogP contribution in [0.4, 0.5) is 0 Å². The van der Waals surface area contributed by atoms with E-state index in [0.717, 1.165) is 6.92 Å². The van der Waals surface area contributed by atoms with Crippen molar-refractivity contribution in [2.45, 2.75) is 6.92 Å². The summed E-state index contributed by atoms with van der Waals surface area (Å²) in [6.45, 7) is 3.54. The number of ketones is 1. The van der Waals surface area contributed by atoms with E-state index in [1.165, 1.54) is 0 Å². The summed E-state index contributed by atoms with van der Waals surface area (Å²) in [5, 5.41) is 16.3. The molecule has 0 saturated carbocycles. The van der Waals surface area contributed by atoms with E-state index in [1.54, 1.807) is 0 Å². The molecule has 0 atom stereocenters. The molecule has 0 fully saturated rings. The smallest absolute Gasteiger partial charge is 0.371 e. The van der Waals surface area contributed by atoms with Crippen molar-refractivity contribution in [2.75, 3.05) is 26.2 Å². The van der Waals surface area contributed by atoms with Crippen LogP contribution in [0.15, 0.2) is 11.8 Å². The number of rotatable bonds is 4. The first-order valence-electron chi connectivity index (χ1n) is 4.82. The Morgan fingerprint density at radius 2 is 1.22 bits per heavy atom. The van der Waals surface area contributed by atoms with E-state index in [4.69, 9.17) is 33.1 Å². The summed E-state index contributed by atoms with van der Waals surface area (Å²) in [6, 6.07) is 0. The molecule has 0 aliphatic carbocycles. The van der Waals surface area contributed by atoms with Crippen molar-refractivity contribution >= 4 is 11.8 Å². The molecule has 1 radical (unpaired) electrons. The summed E-state index contributed by atoms with van der Waals surface area (Å²) < 4.78 is 0. The van der Waals surface area contributed by atoms with E-state index >= 15 is 0 Å². The van der Waals surface area contributed by atoms with Gasteiger partial charge >= 0.3 is 5.97 Å². The molecule has 0 rings (SSSR count). The first-order valence-corrected chi connectivity index (χ1v) is 4.82. The van der Waals surface area contributed by atoms with Crippen LogP contribution in [0, 0.1) is 0 Å². The van der Waals surface area contributed by atoms with Gasteiger partial charge in [-0.3, -0.25) is 4.79 Å². The van der Waals surface area contributed by atoms with Gasteiger partial charge in [0, 0.05) is 49.0 Å². The van der Waals surface area contributed by atoms with Gasteiger partial charge in [0.25, 0.3) is 0 Å². The molecule has 0 aromatic heterocycles. The molecule has 9 heteroatoms. The summed E-state index contributed by atoms with van der Waals surface area (Å²) in [5.74, 6) is -2.91. The van der Waals surface area contributed by atoms with Gasteiger partial charge in [0.15, 0.2) is 5.78 Å². The van der Waals surface area contributed by atoms with Crippen molar-refractivity contribution in [1.82, 2.24) is 0 Å². The predicted octanol–water partition coefficient (Wildman–Crippen LogP) is -2.09. The van der Waals surface area contributed by atoms with Gasteiger partial charge in [-0.2, -0.15) is 0 Å². The number of hydrogen-bond acceptors (Lipinski definition) is 7. The Balaban J connectivity index is -0.0000000922. The molecule has 0 aliphatic rings. The van der Waals surface area contributed by atoms with Gasteiger partial charge in [0.05, 0.1) is 0 Å². The van der Waals surface area contributed by atoms with Crippen LogP contribution in [0.25, 0.3) is 0 Å². The van der Waals surface area contributed by atoms with E-state index in [2.05, 4.69) is 0 Å². The normalized spacial score (nSPS) is 8.83. The molecule has 0 bridgehead atoms. The number of carbonyl (C=O) groups is 2. The number of carboxylic acids is 1. The molecule has 0 aliphatic heterocycles. The zero-order chi connectivity index (χ0) is 14.3. The third-order valence-electron chi connectivity index (χ3n) is 0.892. The Kier molecular flexibility index (Phi) is 30.5. The maximum Gasteiger partial charge on any atom is 0.371 e. The number of aliphatic hydroxyl groups excluding tert-OH is 1. The largest absolute Gasteiger partial charge is 0.502 e. The third-order valence-corrected chi connectivity index (χ3v) is 0.892. The van der Waals surface area contributed by atoms with Crippen molar-refractivity contribution in [2.24, 2.45) is 22.9 Å². The van der Waals surface area contributed by atoms with Gasteiger partial charge < -0.3 is 33.1 Å². The topological polar surface area (TPSA) is 179 Å². The molecule has 0 heterocycles. The number of aliphatic carboxylic acids is 1. The molecule has 0 amide bonds. The molecule has 0 unspecified atom stereocenters. The molecule has 0 aromatic rings. The Hall–Kier alpha value is -0.974. The van der Waals surface area contributed by atoms with Gasteiger partial charge in [-0.15, -0.1) is 0 Å². The maximum absolute atomic E-state index is 10.1. The quantitative estimate of drug-likeness (QED) is 0.252. The summed E-state index contributed by atoms with van der Waals surface area (Å²) in [5.41, 5.74) is 19.6. The van der Waals surface area contributed by atoms with Crippen LogP contribution in [0.5, 0.6) is 0 Å². The van der Waals surface area contributed by atoms with E-state index in [-0.39, 0.29) is 16.8 Å². The molecule has 18 heavy (non-hydrogen) atoms. The number of carboxylic acid groups (broad SMARTS) is 1. The zero-order valence-electron chi connectivity index (χ0n) is 10.3. The Labute approximate surface area is 117 Å². The van der Waals surface area contributed by atoms with Crippen LogP contribution in [0.2, 0.25) is 0 Å². The SMILES string of the molecule is CC(=O)C=C(O)C(=O)O.NCCN.NCCN.[Co]. The molecular formula is C9H22CoN4O4. The molecule has 8 nitrogen and oxygen atoms in total. The summed E-state index contributed by atoms with van der Waals surface area (Å²) >= 11 is 0. The minimum Gasteiger partial charge on any atom is -0.502 e. The van der Waals surface area contributed by atoms with Crippen LogP contribution in [-0.4, -0.2) is 48.1 Å². The number of hydrogen-bond donors (Lipinski definition) is 6. The van der Waals surface area contributed by atoms with Crippen molar-refractivity contribution in [3.05, 3.63) is 11.8 Å². The van der Waals surface area contributed by atoms with E-state index in [0.29, 0.717) is 32.3 Å². The first-order chi connectivity index (χ1) is 7.87. The van der Waals surface area contributed by atoms with Crippen LogP contribution < -0.4 is 22.9 Å². The van der Waals surface area contributed by atoms with E-state index in [9.17, 15) is 9.59 Å². The number of allylic oxidation sites excluding steroid dienone is 1. The van der Waals surface area contributed by atoms with Crippen LogP contribution in [0.3, 0.4) is 0 Å². The molecule has 0 spiro atoms. The Morgan fingerprint density at radius 3 is 1.28 bits per heavy atom. The van der Waals surface area contributed by atoms with Crippen molar-refractivity contribution < 1.29 is 36.6 Å².